The minimum Gasteiger partial charge on any atom is -0.342 e. The molecule has 1 aromatic rings. The lowest BCUT2D eigenvalue weighted by Crippen LogP contribution is -2.31. The number of amides is 1. The van der Waals surface area contributed by atoms with E-state index in [0.29, 0.717) is 29.6 Å². The van der Waals surface area contributed by atoms with E-state index in [4.69, 9.17) is 0 Å². The van der Waals surface area contributed by atoms with E-state index in [1.54, 1.807) is 16.4 Å². The monoisotopic (exact) mass is 371 g/mol. The maximum Gasteiger partial charge on any atom is 0.252 e. The van der Waals surface area contributed by atoms with Crippen molar-refractivity contribution in [1.82, 2.24) is 14.5 Å². The molecule has 8 heteroatoms. The summed E-state index contributed by atoms with van der Waals surface area (Å²) in [5.74, 6) is 0.619. The van der Waals surface area contributed by atoms with E-state index in [0.717, 1.165) is 43.8 Å². The van der Waals surface area contributed by atoms with Crippen LogP contribution in [-0.4, -0.2) is 63.3 Å². The third-order valence-electron chi connectivity index (χ3n) is 4.75. The Bertz CT molecular complexity index is 680. The summed E-state index contributed by atoms with van der Waals surface area (Å²) in [4.78, 5) is 15.2. The van der Waals surface area contributed by atoms with Gasteiger partial charge in [0.25, 0.3) is 10.0 Å². The second kappa shape index (κ2) is 7.51. The van der Waals surface area contributed by atoms with E-state index >= 15 is 0 Å². The van der Waals surface area contributed by atoms with Crippen molar-refractivity contribution in [2.45, 2.75) is 29.9 Å². The summed E-state index contributed by atoms with van der Waals surface area (Å²) in [6.45, 7) is 3.74. The van der Waals surface area contributed by atoms with Gasteiger partial charge < -0.3 is 10.2 Å². The number of nitrogens with one attached hydrogen (secondary N) is 1. The molecule has 2 aliphatic rings. The van der Waals surface area contributed by atoms with Crippen molar-refractivity contribution < 1.29 is 13.2 Å². The molecule has 0 radical (unpaired) electrons. The molecular formula is C16H25N3O3S2. The number of hydrogen-bond acceptors (Lipinski definition) is 5. The first-order valence-electron chi connectivity index (χ1n) is 8.52. The second-order valence-electron chi connectivity index (χ2n) is 6.56. The summed E-state index contributed by atoms with van der Waals surface area (Å²) >= 11 is 1.24. The Morgan fingerprint density at radius 2 is 2.04 bits per heavy atom. The van der Waals surface area contributed by atoms with Gasteiger partial charge in [-0.05, 0) is 50.9 Å². The third kappa shape index (κ3) is 3.82. The van der Waals surface area contributed by atoms with Gasteiger partial charge in [0, 0.05) is 31.1 Å². The van der Waals surface area contributed by atoms with Crippen molar-refractivity contribution in [3.05, 3.63) is 17.0 Å². The highest BCUT2D eigenvalue weighted by Gasteiger charge is 2.29. The summed E-state index contributed by atoms with van der Waals surface area (Å²) in [6, 6.07) is 3.43. The van der Waals surface area contributed by atoms with Gasteiger partial charge in [-0.3, -0.25) is 4.79 Å². The number of thiophene rings is 1. The Labute approximate surface area is 147 Å². The molecule has 1 N–H and O–H groups in total. The zero-order valence-corrected chi connectivity index (χ0v) is 15.7. The molecule has 24 heavy (non-hydrogen) atoms. The molecule has 6 nitrogen and oxygen atoms in total. The van der Waals surface area contributed by atoms with Crippen LogP contribution in [0.5, 0.6) is 0 Å². The molecule has 2 saturated heterocycles. The molecular weight excluding hydrogens is 346 g/mol. The fraction of sp³-hybridized carbons (Fsp3) is 0.688. The first kappa shape index (κ1) is 17.8. The van der Waals surface area contributed by atoms with Crippen molar-refractivity contribution in [3.63, 3.8) is 0 Å². The molecule has 0 saturated carbocycles. The molecule has 0 aliphatic carbocycles. The summed E-state index contributed by atoms with van der Waals surface area (Å²) < 4.78 is 27.0. The Balaban J connectivity index is 1.61. The van der Waals surface area contributed by atoms with Crippen LogP contribution in [0.3, 0.4) is 0 Å². The van der Waals surface area contributed by atoms with Gasteiger partial charge in [0.1, 0.15) is 4.21 Å². The molecule has 1 unspecified atom stereocenters. The van der Waals surface area contributed by atoms with Gasteiger partial charge in [0.2, 0.25) is 5.91 Å². The molecule has 1 amide bonds. The average molecular weight is 372 g/mol. The highest BCUT2D eigenvalue weighted by molar-refractivity contribution is 7.91. The molecule has 1 atom stereocenters. The quantitative estimate of drug-likeness (QED) is 0.814. The van der Waals surface area contributed by atoms with Crippen molar-refractivity contribution in [1.29, 1.82) is 0 Å². The zero-order valence-electron chi connectivity index (χ0n) is 14.0. The van der Waals surface area contributed by atoms with Crippen LogP contribution in [0.4, 0.5) is 0 Å². The predicted molar refractivity (Wildman–Crippen MR) is 94.6 cm³/mol. The van der Waals surface area contributed by atoms with Gasteiger partial charge in [-0.1, -0.05) is 0 Å². The van der Waals surface area contributed by atoms with E-state index in [1.807, 2.05) is 11.9 Å². The minimum atomic E-state index is -3.37. The summed E-state index contributed by atoms with van der Waals surface area (Å²) in [7, 11) is -1.44. The van der Waals surface area contributed by atoms with Crippen molar-refractivity contribution in [3.8, 4) is 0 Å². The first-order valence-corrected chi connectivity index (χ1v) is 10.8. The number of carbonyl (C=O) groups excluding carboxylic acids is 1. The lowest BCUT2D eigenvalue weighted by Gasteiger charge is -2.16. The zero-order chi connectivity index (χ0) is 17.2. The average Bonchev–Trinajstić information content (AvgIpc) is 3.29. The fourth-order valence-electron chi connectivity index (χ4n) is 3.42. The standard InChI is InChI=1S/C16H25N3O3S2/c1-17-11-13-6-9-18(12-13)15(20)10-14-4-5-16(23-14)24(21,22)19-7-2-3-8-19/h4-5,13,17H,2-3,6-12H2,1H3. The fourth-order valence-corrected chi connectivity index (χ4v) is 6.44. The Kier molecular flexibility index (Phi) is 5.59. The normalized spacial score (nSPS) is 22.4. The van der Waals surface area contributed by atoms with E-state index in [2.05, 4.69) is 5.32 Å². The van der Waals surface area contributed by atoms with Crippen LogP contribution in [0.15, 0.2) is 16.3 Å². The Morgan fingerprint density at radius 1 is 1.29 bits per heavy atom. The predicted octanol–water partition coefficient (Wildman–Crippen LogP) is 1.14. The molecule has 0 spiro atoms. The van der Waals surface area contributed by atoms with Crippen molar-refractivity contribution in [2.24, 2.45) is 5.92 Å². The van der Waals surface area contributed by atoms with E-state index in [9.17, 15) is 13.2 Å². The molecule has 2 aliphatic heterocycles. The van der Waals surface area contributed by atoms with Crippen LogP contribution in [0.2, 0.25) is 0 Å². The first-order chi connectivity index (χ1) is 11.5. The molecule has 3 heterocycles. The van der Waals surface area contributed by atoms with Crippen LogP contribution < -0.4 is 5.32 Å². The van der Waals surface area contributed by atoms with Gasteiger partial charge in [-0.25, -0.2) is 8.42 Å². The number of nitrogens with zero attached hydrogens (tertiary/aromatic N) is 2. The van der Waals surface area contributed by atoms with Gasteiger partial charge >= 0.3 is 0 Å². The van der Waals surface area contributed by atoms with Crippen molar-refractivity contribution in [2.75, 3.05) is 39.8 Å². The van der Waals surface area contributed by atoms with Gasteiger partial charge in [-0.2, -0.15) is 4.31 Å². The highest BCUT2D eigenvalue weighted by atomic mass is 32.2. The number of sulfonamides is 1. The van der Waals surface area contributed by atoms with E-state index in [-0.39, 0.29) is 5.91 Å². The lowest BCUT2D eigenvalue weighted by molar-refractivity contribution is -0.129. The molecule has 0 bridgehead atoms. The highest BCUT2D eigenvalue weighted by Crippen LogP contribution is 2.28. The largest absolute Gasteiger partial charge is 0.342 e. The lowest BCUT2D eigenvalue weighted by atomic mass is 10.1. The summed E-state index contributed by atoms with van der Waals surface area (Å²) in [5.41, 5.74) is 0. The summed E-state index contributed by atoms with van der Waals surface area (Å²) in [5, 5.41) is 3.16. The SMILES string of the molecule is CNCC1CCN(C(=O)Cc2ccc(S(=O)(=O)N3CCCC3)s2)C1. The minimum absolute atomic E-state index is 0.0978. The third-order valence-corrected chi connectivity index (χ3v) is 8.20. The van der Waals surface area contributed by atoms with E-state index < -0.39 is 10.0 Å². The molecule has 1 aromatic heterocycles. The van der Waals surface area contributed by atoms with Crippen LogP contribution >= 0.6 is 11.3 Å². The van der Waals surface area contributed by atoms with Crippen LogP contribution in [0.25, 0.3) is 0 Å². The number of hydrogen-bond donors (Lipinski definition) is 1. The van der Waals surface area contributed by atoms with Crippen molar-refractivity contribution >= 4 is 27.3 Å². The Morgan fingerprint density at radius 3 is 2.75 bits per heavy atom. The summed E-state index contributed by atoms with van der Waals surface area (Å²) in [6.07, 6.45) is 3.19. The number of carbonyl (C=O) groups is 1. The molecule has 3 rings (SSSR count). The molecule has 0 aromatic carbocycles. The maximum absolute atomic E-state index is 12.5. The van der Waals surface area contributed by atoms with Gasteiger partial charge in [-0.15, -0.1) is 11.3 Å². The van der Waals surface area contributed by atoms with E-state index in [1.165, 1.54) is 11.3 Å². The second-order valence-corrected chi connectivity index (χ2v) is 9.89. The smallest absolute Gasteiger partial charge is 0.252 e. The van der Waals surface area contributed by atoms with Gasteiger partial charge in [0.15, 0.2) is 0 Å². The topological polar surface area (TPSA) is 69.7 Å². The number of rotatable bonds is 6. The molecule has 134 valence electrons. The van der Waals surface area contributed by atoms with Crippen LogP contribution in [0, 0.1) is 5.92 Å². The van der Waals surface area contributed by atoms with Crippen LogP contribution in [-0.2, 0) is 21.2 Å². The maximum atomic E-state index is 12.5. The molecule has 2 fully saturated rings. The number of likely N-dealkylation sites (tertiary alicyclic amines) is 1. The van der Waals surface area contributed by atoms with Gasteiger partial charge in [0.05, 0.1) is 6.42 Å². The van der Waals surface area contributed by atoms with Crippen LogP contribution in [0.1, 0.15) is 24.1 Å². The Hall–Kier alpha value is -0.960.